The number of nitrogens with one attached hydrogen (secondary N) is 1. The molecule has 8 nitrogen and oxygen atoms in total. The second-order valence-electron chi connectivity index (χ2n) is 8.30. The third kappa shape index (κ3) is 4.76. The van der Waals surface area contributed by atoms with Gasteiger partial charge in [-0.2, -0.15) is 9.78 Å². The molecule has 156 valence electrons. The van der Waals surface area contributed by atoms with Crippen LogP contribution in [0.4, 0.5) is 11.4 Å². The van der Waals surface area contributed by atoms with E-state index in [0.717, 1.165) is 24.1 Å². The number of halogens is 1. The van der Waals surface area contributed by atoms with E-state index in [9.17, 15) is 14.9 Å². The zero-order chi connectivity index (χ0) is 21.2. The van der Waals surface area contributed by atoms with Gasteiger partial charge in [-0.3, -0.25) is 14.9 Å². The van der Waals surface area contributed by atoms with Gasteiger partial charge >= 0.3 is 0 Å². The summed E-state index contributed by atoms with van der Waals surface area (Å²) in [5.74, 6) is 0.303. The number of nitro groups is 1. The van der Waals surface area contributed by atoms with Crippen LogP contribution in [0, 0.1) is 21.4 Å². The average molecular weight is 421 g/mol. The van der Waals surface area contributed by atoms with Crippen molar-refractivity contribution in [3.8, 4) is 5.69 Å². The molecule has 3 rings (SSSR count). The van der Waals surface area contributed by atoms with Gasteiger partial charge in [-0.1, -0.05) is 32.4 Å². The summed E-state index contributed by atoms with van der Waals surface area (Å²) in [5, 5.41) is 18.2. The summed E-state index contributed by atoms with van der Waals surface area (Å²) in [5.41, 5.74) is 0.344. The van der Waals surface area contributed by atoms with Crippen LogP contribution in [0.15, 0.2) is 35.3 Å². The number of nitro benzene ring substituents is 1. The lowest BCUT2D eigenvalue weighted by Gasteiger charge is -2.40. The van der Waals surface area contributed by atoms with Crippen molar-refractivity contribution >= 4 is 23.0 Å². The minimum atomic E-state index is -0.500. The molecule has 0 amide bonds. The van der Waals surface area contributed by atoms with Gasteiger partial charge in [0.1, 0.15) is 5.02 Å². The Morgan fingerprint density at radius 2 is 2.03 bits per heavy atom. The van der Waals surface area contributed by atoms with Crippen LogP contribution in [-0.2, 0) is 4.74 Å². The van der Waals surface area contributed by atoms with Gasteiger partial charge in [0.2, 0.25) is 0 Å². The highest BCUT2D eigenvalue weighted by atomic mass is 35.5. The SMILES string of the molecule is CC(C)(C)C1OCCCC1CNc1cnn(-c2ccc([N+](=O)[O-])cc2)c(=O)c1Cl. The predicted molar refractivity (Wildman–Crippen MR) is 112 cm³/mol. The maximum absolute atomic E-state index is 12.7. The summed E-state index contributed by atoms with van der Waals surface area (Å²) in [6.07, 6.45) is 3.67. The molecule has 1 aliphatic heterocycles. The molecule has 0 saturated carbocycles. The highest BCUT2D eigenvalue weighted by Crippen LogP contribution is 2.34. The van der Waals surface area contributed by atoms with Crippen LogP contribution in [0.25, 0.3) is 5.69 Å². The topological polar surface area (TPSA) is 99.3 Å². The van der Waals surface area contributed by atoms with E-state index in [1.165, 1.54) is 30.5 Å². The number of benzene rings is 1. The van der Waals surface area contributed by atoms with E-state index < -0.39 is 10.5 Å². The predicted octanol–water partition coefficient (Wildman–Crippen LogP) is 4.05. The molecule has 0 bridgehead atoms. The Balaban J connectivity index is 1.77. The van der Waals surface area contributed by atoms with Crippen molar-refractivity contribution in [2.75, 3.05) is 18.5 Å². The van der Waals surface area contributed by atoms with E-state index in [0.29, 0.717) is 23.8 Å². The monoisotopic (exact) mass is 420 g/mol. The van der Waals surface area contributed by atoms with Crippen molar-refractivity contribution in [3.05, 3.63) is 56.0 Å². The molecular weight excluding hydrogens is 396 g/mol. The Kier molecular flexibility index (Phi) is 6.24. The first-order valence-electron chi connectivity index (χ1n) is 9.56. The minimum Gasteiger partial charge on any atom is -0.382 e. The average Bonchev–Trinajstić information content (AvgIpc) is 2.69. The van der Waals surface area contributed by atoms with Gasteiger partial charge in [-0.25, -0.2) is 0 Å². The van der Waals surface area contributed by atoms with Gasteiger partial charge in [-0.15, -0.1) is 0 Å². The van der Waals surface area contributed by atoms with E-state index in [1.54, 1.807) is 0 Å². The Labute approximate surface area is 174 Å². The number of nitrogens with zero attached hydrogens (tertiary/aromatic N) is 3. The zero-order valence-corrected chi connectivity index (χ0v) is 17.5. The number of rotatable bonds is 5. The highest BCUT2D eigenvalue weighted by Gasteiger charge is 2.35. The van der Waals surface area contributed by atoms with Crippen molar-refractivity contribution in [2.24, 2.45) is 11.3 Å². The minimum absolute atomic E-state index is 0.0220. The third-order valence-electron chi connectivity index (χ3n) is 5.08. The first-order valence-corrected chi connectivity index (χ1v) is 9.94. The maximum atomic E-state index is 12.7. The number of aromatic nitrogens is 2. The molecular formula is C20H25ClN4O4. The van der Waals surface area contributed by atoms with E-state index >= 15 is 0 Å². The first kappa shape index (κ1) is 21.3. The third-order valence-corrected chi connectivity index (χ3v) is 5.44. The van der Waals surface area contributed by atoms with Crippen LogP contribution < -0.4 is 10.9 Å². The number of ether oxygens (including phenoxy) is 1. The molecule has 2 heterocycles. The number of non-ortho nitro benzene ring substituents is 1. The van der Waals surface area contributed by atoms with E-state index in [4.69, 9.17) is 16.3 Å². The standard InChI is InChI=1S/C20H25ClN4O4/c1-20(2,3)18-13(5-4-10-29-18)11-22-16-12-23-24(19(26)17(16)21)14-6-8-15(9-7-14)25(27)28/h6-9,12-13,18,22H,4-5,10-11H2,1-3H3. The molecule has 0 spiro atoms. The zero-order valence-electron chi connectivity index (χ0n) is 16.7. The van der Waals surface area contributed by atoms with Gasteiger partial charge in [0, 0.05) is 31.2 Å². The lowest BCUT2D eigenvalue weighted by atomic mass is 9.78. The second-order valence-corrected chi connectivity index (χ2v) is 8.68. The Morgan fingerprint density at radius 3 is 2.66 bits per heavy atom. The molecule has 1 aromatic carbocycles. The fraction of sp³-hybridized carbons (Fsp3) is 0.500. The molecule has 1 aliphatic rings. The highest BCUT2D eigenvalue weighted by molar-refractivity contribution is 6.32. The van der Waals surface area contributed by atoms with Crippen LogP contribution in [0.1, 0.15) is 33.6 Å². The van der Waals surface area contributed by atoms with Crippen molar-refractivity contribution in [1.29, 1.82) is 0 Å². The summed E-state index contributed by atoms with van der Waals surface area (Å²) < 4.78 is 7.12. The lowest BCUT2D eigenvalue weighted by Crippen LogP contribution is -2.42. The van der Waals surface area contributed by atoms with Gasteiger partial charge in [0.15, 0.2) is 0 Å². The summed E-state index contributed by atoms with van der Waals surface area (Å²) in [6, 6.07) is 5.56. The Bertz CT molecular complexity index is 937. The lowest BCUT2D eigenvalue weighted by molar-refractivity contribution is -0.384. The van der Waals surface area contributed by atoms with Gasteiger partial charge < -0.3 is 10.1 Å². The molecule has 29 heavy (non-hydrogen) atoms. The van der Waals surface area contributed by atoms with Crippen LogP contribution in [0.5, 0.6) is 0 Å². The summed E-state index contributed by atoms with van der Waals surface area (Å²) in [6.45, 7) is 7.89. The molecule has 1 N–H and O–H groups in total. The summed E-state index contributed by atoms with van der Waals surface area (Å²) in [4.78, 5) is 22.9. The molecule has 9 heteroatoms. The number of hydrogen-bond acceptors (Lipinski definition) is 6. The van der Waals surface area contributed by atoms with Crippen LogP contribution in [0.2, 0.25) is 5.02 Å². The summed E-state index contributed by atoms with van der Waals surface area (Å²) in [7, 11) is 0. The van der Waals surface area contributed by atoms with Crippen molar-refractivity contribution in [2.45, 2.75) is 39.7 Å². The molecule has 0 aliphatic carbocycles. The van der Waals surface area contributed by atoms with Gasteiger partial charge in [-0.05, 0) is 30.4 Å². The fourth-order valence-corrected chi connectivity index (χ4v) is 3.90. The molecule has 1 aromatic heterocycles. The number of hydrogen-bond donors (Lipinski definition) is 1. The van der Waals surface area contributed by atoms with E-state index in [-0.39, 0.29) is 22.2 Å². The molecule has 2 atom stereocenters. The molecule has 0 radical (unpaired) electrons. The first-order chi connectivity index (χ1) is 13.7. The largest absolute Gasteiger partial charge is 0.382 e. The van der Waals surface area contributed by atoms with Crippen molar-refractivity contribution < 1.29 is 9.66 Å². The summed E-state index contributed by atoms with van der Waals surface area (Å²) >= 11 is 6.30. The van der Waals surface area contributed by atoms with Crippen LogP contribution >= 0.6 is 11.6 Å². The quantitative estimate of drug-likeness (QED) is 0.578. The van der Waals surface area contributed by atoms with E-state index in [2.05, 4.69) is 31.2 Å². The molecule has 1 saturated heterocycles. The fourth-order valence-electron chi connectivity index (χ4n) is 3.71. The normalized spacial score (nSPS) is 19.7. The Morgan fingerprint density at radius 1 is 1.34 bits per heavy atom. The van der Waals surface area contributed by atoms with Crippen molar-refractivity contribution in [1.82, 2.24) is 9.78 Å². The van der Waals surface area contributed by atoms with Crippen LogP contribution in [0.3, 0.4) is 0 Å². The van der Waals surface area contributed by atoms with E-state index in [1.807, 2.05) is 0 Å². The molecule has 1 fully saturated rings. The molecule has 2 aromatic rings. The second kappa shape index (κ2) is 8.51. The smallest absolute Gasteiger partial charge is 0.292 e. The molecule has 2 unspecified atom stereocenters. The maximum Gasteiger partial charge on any atom is 0.292 e. The van der Waals surface area contributed by atoms with Crippen LogP contribution in [-0.4, -0.2) is 34.0 Å². The van der Waals surface area contributed by atoms with Gasteiger partial charge in [0.25, 0.3) is 11.2 Å². The van der Waals surface area contributed by atoms with Gasteiger partial charge in [0.05, 0.1) is 28.6 Å². The Hall–Kier alpha value is -2.45. The van der Waals surface area contributed by atoms with Crippen molar-refractivity contribution in [3.63, 3.8) is 0 Å². The number of anilines is 1.